The SMILES string of the molecule is CP=C(C(=O)C(C)C)N1CCCC1. The fraction of sp³-hybridized carbons (Fsp3) is 0.800. The largest absolute Gasteiger partial charge is 0.292 e. The lowest BCUT2D eigenvalue weighted by Crippen LogP contribution is -2.35. The summed E-state index contributed by atoms with van der Waals surface area (Å²) in [5, 5.41) is 0. The van der Waals surface area contributed by atoms with Crippen LogP contribution in [0, 0.1) is 5.92 Å². The topological polar surface area (TPSA) is 20.3 Å². The van der Waals surface area contributed by atoms with E-state index in [0.717, 1.165) is 26.7 Å². The van der Waals surface area contributed by atoms with Crippen LogP contribution in [0.5, 0.6) is 0 Å². The predicted molar refractivity (Wildman–Crippen MR) is 58.5 cm³/mol. The molecular weight excluding hydrogens is 181 g/mol. The van der Waals surface area contributed by atoms with Crippen LogP contribution in [0.1, 0.15) is 26.7 Å². The van der Waals surface area contributed by atoms with Crippen LogP contribution in [-0.4, -0.2) is 35.9 Å². The quantitative estimate of drug-likeness (QED) is 0.648. The molecule has 0 radical (unpaired) electrons. The van der Waals surface area contributed by atoms with Gasteiger partial charge in [-0.15, -0.1) is 0 Å². The van der Waals surface area contributed by atoms with Crippen molar-refractivity contribution in [2.45, 2.75) is 26.7 Å². The van der Waals surface area contributed by atoms with E-state index in [1.54, 1.807) is 0 Å². The molecule has 0 atom stereocenters. The molecule has 0 N–H and O–H groups in total. The molecule has 1 heterocycles. The molecule has 74 valence electrons. The molecule has 0 saturated carbocycles. The van der Waals surface area contributed by atoms with Gasteiger partial charge in [0, 0.05) is 19.0 Å². The van der Waals surface area contributed by atoms with Crippen molar-refractivity contribution in [3.8, 4) is 0 Å². The van der Waals surface area contributed by atoms with E-state index in [9.17, 15) is 4.79 Å². The molecule has 0 unspecified atom stereocenters. The summed E-state index contributed by atoms with van der Waals surface area (Å²) in [5.41, 5.74) is 1.02. The molecular formula is C10H18NOP. The van der Waals surface area contributed by atoms with Gasteiger partial charge in [0.1, 0.15) is 0 Å². The van der Waals surface area contributed by atoms with Crippen LogP contribution < -0.4 is 0 Å². The third-order valence-corrected chi connectivity index (χ3v) is 3.29. The summed E-state index contributed by atoms with van der Waals surface area (Å²) in [7, 11) is 1.12. The van der Waals surface area contributed by atoms with Gasteiger partial charge in [-0.2, -0.15) is 0 Å². The molecule has 1 aliphatic heterocycles. The van der Waals surface area contributed by atoms with Crippen molar-refractivity contribution in [3.63, 3.8) is 0 Å². The van der Waals surface area contributed by atoms with Gasteiger partial charge >= 0.3 is 0 Å². The third-order valence-electron chi connectivity index (χ3n) is 2.36. The lowest BCUT2D eigenvalue weighted by Gasteiger charge is -2.18. The Morgan fingerprint density at radius 1 is 1.31 bits per heavy atom. The molecule has 1 saturated heterocycles. The van der Waals surface area contributed by atoms with Crippen molar-refractivity contribution in [1.82, 2.24) is 4.90 Å². The Hall–Kier alpha value is -0.200. The number of Topliss-reactive ketones (excluding diaryl/α,β-unsaturated/α-hetero) is 1. The average molecular weight is 199 g/mol. The number of likely N-dealkylation sites (tertiary alicyclic amines) is 1. The number of hydrogen-bond acceptors (Lipinski definition) is 1. The zero-order valence-corrected chi connectivity index (χ0v) is 9.60. The highest BCUT2D eigenvalue weighted by atomic mass is 31.1. The zero-order valence-electron chi connectivity index (χ0n) is 8.71. The molecule has 3 heteroatoms. The maximum atomic E-state index is 11.8. The van der Waals surface area contributed by atoms with Crippen molar-refractivity contribution < 1.29 is 4.79 Å². The van der Waals surface area contributed by atoms with Crippen molar-refractivity contribution in [2.75, 3.05) is 19.8 Å². The lowest BCUT2D eigenvalue weighted by molar-refractivity contribution is -0.116. The first kappa shape index (κ1) is 10.9. The fourth-order valence-electron chi connectivity index (χ4n) is 1.59. The summed E-state index contributed by atoms with van der Waals surface area (Å²) in [6, 6.07) is 0. The summed E-state index contributed by atoms with van der Waals surface area (Å²) < 4.78 is 0. The van der Waals surface area contributed by atoms with Gasteiger partial charge in [0.25, 0.3) is 0 Å². The highest BCUT2D eigenvalue weighted by Gasteiger charge is 2.22. The van der Waals surface area contributed by atoms with Gasteiger partial charge in [-0.25, -0.2) is 0 Å². The van der Waals surface area contributed by atoms with E-state index < -0.39 is 0 Å². The number of rotatable bonds is 3. The Morgan fingerprint density at radius 3 is 2.23 bits per heavy atom. The normalized spacial score (nSPS) is 19.8. The molecule has 0 aromatic heterocycles. The maximum absolute atomic E-state index is 11.8. The van der Waals surface area contributed by atoms with Crippen LogP contribution in [0.4, 0.5) is 0 Å². The Kier molecular flexibility index (Phi) is 4.08. The van der Waals surface area contributed by atoms with Crippen molar-refractivity contribution in [3.05, 3.63) is 0 Å². The van der Waals surface area contributed by atoms with E-state index in [1.165, 1.54) is 12.8 Å². The van der Waals surface area contributed by atoms with E-state index in [0.29, 0.717) is 5.78 Å². The summed E-state index contributed by atoms with van der Waals surface area (Å²) in [6.45, 7) is 8.16. The monoisotopic (exact) mass is 199 g/mol. The van der Waals surface area contributed by atoms with Gasteiger partial charge in [0.15, 0.2) is 5.78 Å². The van der Waals surface area contributed by atoms with Crippen LogP contribution in [0.15, 0.2) is 0 Å². The minimum Gasteiger partial charge on any atom is -0.292 e. The highest BCUT2D eigenvalue weighted by Crippen LogP contribution is 2.14. The van der Waals surface area contributed by atoms with Gasteiger partial charge in [0.05, 0.1) is 5.42 Å². The molecule has 1 aliphatic rings. The number of nitrogens with zero attached hydrogens (tertiary/aromatic N) is 1. The van der Waals surface area contributed by atoms with Crippen LogP contribution in [-0.2, 0) is 4.79 Å². The molecule has 2 nitrogen and oxygen atoms in total. The van der Waals surface area contributed by atoms with E-state index in [-0.39, 0.29) is 5.92 Å². The predicted octanol–water partition coefficient (Wildman–Crippen LogP) is 2.01. The Bertz CT molecular complexity index is 217. The van der Waals surface area contributed by atoms with E-state index in [4.69, 9.17) is 0 Å². The second-order valence-electron chi connectivity index (χ2n) is 3.76. The van der Waals surface area contributed by atoms with Crippen molar-refractivity contribution in [2.24, 2.45) is 5.92 Å². The second kappa shape index (κ2) is 4.88. The van der Waals surface area contributed by atoms with E-state index in [2.05, 4.69) is 4.90 Å². The van der Waals surface area contributed by atoms with E-state index >= 15 is 0 Å². The molecule has 0 spiro atoms. The van der Waals surface area contributed by atoms with Gasteiger partial charge in [-0.1, -0.05) is 22.1 Å². The maximum Gasteiger partial charge on any atom is 0.180 e. The van der Waals surface area contributed by atoms with Gasteiger partial charge in [0.2, 0.25) is 0 Å². The molecule has 1 fully saturated rings. The average Bonchev–Trinajstić information content (AvgIpc) is 2.58. The second-order valence-corrected chi connectivity index (χ2v) is 4.63. The lowest BCUT2D eigenvalue weighted by atomic mass is 10.1. The molecule has 0 aromatic carbocycles. The standard InChI is InChI=1S/C10H18NOP/c1-8(2)9(12)10(13-3)11-6-4-5-7-11/h8H,4-7H2,1-3H3. The summed E-state index contributed by atoms with van der Waals surface area (Å²) in [5.74, 6) is 0.467. The van der Waals surface area contributed by atoms with Crippen LogP contribution >= 0.6 is 8.20 Å². The zero-order chi connectivity index (χ0) is 9.84. The fourth-order valence-corrected chi connectivity index (χ4v) is 2.56. The first-order valence-electron chi connectivity index (χ1n) is 4.92. The molecule has 0 aliphatic carbocycles. The Labute approximate surface area is 82.1 Å². The smallest absolute Gasteiger partial charge is 0.180 e. The van der Waals surface area contributed by atoms with Crippen molar-refractivity contribution >= 4 is 19.4 Å². The molecule has 0 amide bonds. The number of ketones is 1. The summed E-state index contributed by atoms with van der Waals surface area (Å²) >= 11 is 0. The number of carbonyl (C=O) groups is 1. The molecule has 0 bridgehead atoms. The first-order valence-corrected chi connectivity index (χ1v) is 6.27. The van der Waals surface area contributed by atoms with Gasteiger partial charge in [-0.3, -0.25) is 9.69 Å². The summed E-state index contributed by atoms with van der Waals surface area (Å²) in [6.07, 6.45) is 2.48. The third kappa shape index (κ3) is 2.62. The van der Waals surface area contributed by atoms with Crippen LogP contribution in [0.3, 0.4) is 0 Å². The minimum absolute atomic E-state index is 0.142. The molecule has 0 aromatic rings. The Balaban J connectivity index is 2.67. The molecule has 1 rings (SSSR count). The molecule has 13 heavy (non-hydrogen) atoms. The minimum atomic E-state index is 0.142. The number of hydrogen-bond donors (Lipinski definition) is 0. The van der Waals surface area contributed by atoms with E-state index in [1.807, 2.05) is 20.5 Å². The van der Waals surface area contributed by atoms with Gasteiger partial charge in [-0.05, 0) is 19.5 Å². The van der Waals surface area contributed by atoms with Crippen LogP contribution in [0.2, 0.25) is 0 Å². The summed E-state index contributed by atoms with van der Waals surface area (Å²) in [4.78, 5) is 14.0. The van der Waals surface area contributed by atoms with Crippen LogP contribution in [0.25, 0.3) is 0 Å². The highest BCUT2D eigenvalue weighted by molar-refractivity contribution is 7.42. The number of carbonyl (C=O) groups excluding carboxylic acids is 1. The van der Waals surface area contributed by atoms with Crippen molar-refractivity contribution in [1.29, 1.82) is 0 Å². The van der Waals surface area contributed by atoms with Gasteiger partial charge < -0.3 is 0 Å². The first-order chi connectivity index (χ1) is 6.16. The Morgan fingerprint density at radius 2 is 1.85 bits per heavy atom.